The fraction of sp³-hybridized carbons (Fsp3) is 0.125. The van der Waals surface area contributed by atoms with Gasteiger partial charge in [-0.25, -0.2) is 5.43 Å². The molecule has 33 heavy (non-hydrogen) atoms. The zero-order chi connectivity index (χ0) is 23.6. The number of hydrazone groups is 1. The molecule has 0 unspecified atom stereocenters. The summed E-state index contributed by atoms with van der Waals surface area (Å²) in [4.78, 5) is 25.5. The quantitative estimate of drug-likeness (QED) is 0.205. The lowest BCUT2D eigenvalue weighted by atomic mass is 10.1. The summed E-state index contributed by atoms with van der Waals surface area (Å²) >= 11 is 3.09. The second kappa shape index (κ2) is 11.9. The van der Waals surface area contributed by atoms with E-state index in [2.05, 4.69) is 15.8 Å². The van der Waals surface area contributed by atoms with Gasteiger partial charge in [0.1, 0.15) is 11.4 Å². The van der Waals surface area contributed by atoms with Crippen LogP contribution in [0.15, 0.2) is 75.7 Å². The third-order valence-corrected chi connectivity index (χ3v) is 6.59. The maximum absolute atomic E-state index is 12.9. The Bertz CT molecular complexity index is 1160. The third kappa shape index (κ3) is 6.71. The molecule has 0 bridgehead atoms. The van der Waals surface area contributed by atoms with Crippen molar-refractivity contribution in [2.24, 2.45) is 5.10 Å². The van der Waals surface area contributed by atoms with Crippen molar-refractivity contribution in [3.63, 3.8) is 0 Å². The number of rotatable bonds is 9. The Labute approximate surface area is 200 Å². The first-order valence-electron chi connectivity index (χ1n) is 9.81. The average Bonchev–Trinajstić information content (AvgIpc) is 3.26. The van der Waals surface area contributed by atoms with Gasteiger partial charge in [0, 0.05) is 11.1 Å². The molecule has 0 aliphatic heterocycles. The molecule has 1 heterocycles. The van der Waals surface area contributed by atoms with E-state index < -0.39 is 11.8 Å². The number of nitrogens with one attached hydrogen (secondary N) is 2. The van der Waals surface area contributed by atoms with Crippen LogP contribution in [0.2, 0.25) is 0 Å². The summed E-state index contributed by atoms with van der Waals surface area (Å²) in [7, 11) is 3.16. The van der Waals surface area contributed by atoms with E-state index in [0.29, 0.717) is 21.9 Å². The number of thioether (sulfide) groups is 1. The fourth-order valence-corrected chi connectivity index (χ4v) is 4.23. The van der Waals surface area contributed by atoms with Crippen LogP contribution >= 0.6 is 23.1 Å². The van der Waals surface area contributed by atoms with Gasteiger partial charge < -0.3 is 14.8 Å². The molecule has 3 rings (SSSR count). The van der Waals surface area contributed by atoms with Gasteiger partial charge in [-0.2, -0.15) is 5.10 Å². The van der Waals surface area contributed by atoms with Crippen molar-refractivity contribution in [1.82, 2.24) is 10.7 Å². The van der Waals surface area contributed by atoms with Gasteiger partial charge in [-0.1, -0.05) is 41.7 Å². The van der Waals surface area contributed by atoms with Gasteiger partial charge in [0.15, 0.2) is 5.06 Å². The molecular formula is C24H23N3O4S2. The molecule has 2 N–H and O–H groups in total. The van der Waals surface area contributed by atoms with Crippen LogP contribution in [0.25, 0.3) is 6.08 Å². The summed E-state index contributed by atoms with van der Waals surface area (Å²) in [6.45, 7) is 0. The molecule has 9 heteroatoms. The first kappa shape index (κ1) is 24.1. The molecule has 170 valence electrons. The molecule has 0 saturated heterocycles. The van der Waals surface area contributed by atoms with Crippen molar-refractivity contribution in [3.05, 3.63) is 83.1 Å². The van der Waals surface area contributed by atoms with Crippen LogP contribution in [0.5, 0.6) is 10.8 Å². The van der Waals surface area contributed by atoms with E-state index in [9.17, 15) is 9.59 Å². The fourth-order valence-electron chi connectivity index (χ4n) is 2.75. The van der Waals surface area contributed by atoms with Crippen molar-refractivity contribution in [3.8, 4) is 10.8 Å². The van der Waals surface area contributed by atoms with Crippen LogP contribution in [0, 0.1) is 0 Å². The van der Waals surface area contributed by atoms with E-state index >= 15 is 0 Å². The lowest BCUT2D eigenvalue weighted by Gasteiger charge is -2.09. The Morgan fingerprint density at radius 3 is 2.39 bits per heavy atom. The second-order valence-corrected chi connectivity index (χ2v) is 8.69. The number of methoxy groups -OCH3 is 2. The van der Waals surface area contributed by atoms with Crippen LogP contribution in [-0.4, -0.2) is 38.5 Å². The molecule has 0 aliphatic carbocycles. The zero-order valence-electron chi connectivity index (χ0n) is 18.3. The van der Waals surface area contributed by atoms with Crippen molar-refractivity contribution < 1.29 is 19.1 Å². The molecule has 0 saturated carbocycles. The minimum absolute atomic E-state index is 0.0493. The highest BCUT2D eigenvalue weighted by atomic mass is 32.2. The normalized spacial score (nSPS) is 11.3. The van der Waals surface area contributed by atoms with Gasteiger partial charge in [0.2, 0.25) is 0 Å². The maximum atomic E-state index is 12.9. The van der Waals surface area contributed by atoms with Gasteiger partial charge in [-0.15, -0.1) is 11.8 Å². The molecule has 0 radical (unpaired) electrons. The molecule has 0 atom stereocenters. The molecule has 1 aromatic heterocycles. The Morgan fingerprint density at radius 2 is 1.76 bits per heavy atom. The minimum atomic E-state index is -0.564. The van der Waals surface area contributed by atoms with Gasteiger partial charge >= 0.3 is 0 Å². The second-order valence-electron chi connectivity index (χ2n) is 6.57. The number of thiophene rings is 1. The Kier molecular flexibility index (Phi) is 8.68. The van der Waals surface area contributed by atoms with Crippen LogP contribution in [0.4, 0.5) is 0 Å². The summed E-state index contributed by atoms with van der Waals surface area (Å²) in [6, 6.07) is 17.7. The van der Waals surface area contributed by atoms with E-state index in [-0.39, 0.29) is 5.70 Å². The van der Waals surface area contributed by atoms with E-state index in [1.54, 1.807) is 80.6 Å². The maximum Gasteiger partial charge on any atom is 0.287 e. The molecule has 3 aromatic rings. The number of carbonyl (C=O) groups excluding carboxylic acids is 2. The first-order chi connectivity index (χ1) is 16.0. The number of hydrogen-bond acceptors (Lipinski definition) is 7. The highest BCUT2D eigenvalue weighted by Gasteiger charge is 2.15. The van der Waals surface area contributed by atoms with Crippen LogP contribution in [0.3, 0.4) is 0 Å². The lowest BCUT2D eigenvalue weighted by Crippen LogP contribution is -2.32. The predicted octanol–water partition coefficient (Wildman–Crippen LogP) is 4.41. The number of ether oxygens (including phenoxy) is 2. The van der Waals surface area contributed by atoms with E-state index in [1.165, 1.54) is 17.6 Å². The molecular weight excluding hydrogens is 458 g/mol. The highest BCUT2D eigenvalue weighted by Crippen LogP contribution is 2.34. The standard InChI is InChI=1S/C24H23N3O4S2/c1-30-19-11-9-16(10-12-19)13-20(26-22(28)17-7-5-4-6-8-17)23(29)27-25-15-18-14-21(32-3)33-24(18)31-2/h4-15H,1-3H3,(H,26,28)(H,27,29)/b20-13+,25-15-. The molecule has 0 aliphatic rings. The molecule has 2 aromatic carbocycles. The molecule has 0 spiro atoms. The smallest absolute Gasteiger partial charge is 0.287 e. The number of nitrogens with zero attached hydrogens (tertiary/aromatic N) is 1. The summed E-state index contributed by atoms with van der Waals surface area (Å²) in [5, 5.41) is 7.42. The van der Waals surface area contributed by atoms with Gasteiger partial charge in [0.25, 0.3) is 11.8 Å². The summed E-state index contributed by atoms with van der Waals surface area (Å²) < 4.78 is 11.6. The van der Waals surface area contributed by atoms with Crippen molar-refractivity contribution in [1.29, 1.82) is 0 Å². The number of amides is 2. The van der Waals surface area contributed by atoms with Crippen LogP contribution < -0.4 is 20.2 Å². The van der Waals surface area contributed by atoms with Crippen molar-refractivity contribution >= 4 is 47.2 Å². The summed E-state index contributed by atoms with van der Waals surface area (Å²) in [6.07, 6.45) is 5.05. The van der Waals surface area contributed by atoms with Crippen molar-refractivity contribution in [2.45, 2.75) is 4.21 Å². The molecule has 0 fully saturated rings. The summed E-state index contributed by atoms with van der Waals surface area (Å²) in [5.41, 5.74) is 4.42. The molecule has 2 amide bonds. The number of hydrogen-bond donors (Lipinski definition) is 2. The first-order valence-corrected chi connectivity index (χ1v) is 11.9. The average molecular weight is 482 g/mol. The van der Waals surface area contributed by atoms with E-state index in [4.69, 9.17) is 9.47 Å². The Morgan fingerprint density at radius 1 is 1.03 bits per heavy atom. The predicted molar refractivity (Wildman–Crippen MR) is 133 cm³/mol. The zero-order valence-corrected chi connectivity index (χ0v) is 20.0. The SMILES string of the molecule is COc1ccc(/C=C(/NC(=O)c2ccccc2)C(=O)N/N=C\c2cc(SC)sc2OC)cc1. The summed E-state index contributed by atoms with van der Waals surface area (Å²) in [5.74, 6) is -0.283. The highest BCUT2D eigenvalue weighted by molar-refractivity contribution is 8.00. The minimum Gasteiger partial charge on any atom is -0.497 e. The van der Waals surface area contributed by atoms with E-state index in [1.807, 2.05) is 18.4 Å². The number of carbonyl (C=O) groups is 2. The monoisotopic (exact) mass is 481 g/mol. The number of benzene rings is 2. The lowest BCUT2D eigenvalue weighted by molar-refractivity contribution is -0.117. The largest absolute Gasteiger partial charge is 0.497 e. The topological polar surface area (TPSA) is 89.0 Å². The van der Waals surface area contributed by atoms with Crippen LogP contribution in [-0.2, 0) is 4.79 Å². The van der Waals surface area contributed by atoms with Crippen LogP contribution in [0.1, 0.15) is 21.5 Å². The Balaban J connectivity index is 1.81. The van der Waals surface area contributed by atoms with Gasteiger partial charge in [0.05, 0.1) is 24.6 Å². The third-order valence-electron chi connectivity index (χ3n) is 4.41. The van der Waals surface area contributed by atoms with Gasteiger partial charge in [-0.05, 0) is 48.2 Å². The Hall–Kier alpha value is -3.56. The molecule has 7 nitrogen and oxygen atoms in total. The van der Waals surface area contributed by atoms with Crippen molar-refractivity contribution in [2.75, 3.05) is 20.5 Å². The van der Waals surface area contributed by atoms with E-state index in [0.717, 1.165) is 9.77 Å². The van der Waals surface area contributed by atoms with Gasteiger partial charge in [-0.3, -0.25) is 9.59 Å².